The van der Waals surface area contributed by atoms with Crippen LogP contribution in [0.5, 0.6) is 5.75 Å². The summed E-state index contributed by atoms with van der Waals surface area (Å²) in [5, 5.41) is 11.1. The van der Waals surface area contributed by atoms with Gasteiger partial charge in [0.1, 0.15) is 5.75 Å². The Morgan fingerprint density at radius 3 is 2.80 bits per heavy atom. The molecule has 0 bridgehead atoms. The lowest BCUT2D eigenvalue weighted by Crippen LogP contribution is -2.18. The maximum atomic E-state index is 11.1. The summed E-state index contributed by atoms with van der Waals surface area (Å²) in [6.07, 6.45) is 10.5. The maximum Gasteiger partial charge on any atom is 0.270 e. The second-order valence-electron chi connectivity index (χ2n) is 6.22. The number of allylic oxidation sites excluding steroid dienone is 4. The normalized spacial score (nSPS) is 22.6. The number of non-ortho nitro benzene ring substituents is 1. The first kappa shape index (κ1) is 15.4. The lowest BCUT2D eigenvalue weighted by Gasteiger charge is -2.23. The summed E-state index contributed by atoms with van der Waals surface area (Å²) in [4.78, 5) is 10.7. The van der Waals surface area contributed by atoms with Gasteiger partial charge in [0.25, 0.3) is 5.69 Å². The Morgan fingerprint density at radius 1 is 1.08 bits per heavy atom. The molecule has 2 aliphatic rings. The van der Waals surface area contributed by atoms with Crippen molar-refractivity contribution >= 4 is 17.3 Å². The molecule has 0 N–H and O–H groups in total. The molecular weight excluding hydrogens is 314 g/mol. The zero-order valence-corrected chi connectivity index (χ0v) is 13.5. The highest BCUT2D eigenvalue weighted by atomic mass is 16.6. The Bertz CT molecular complexity index is 911. The summed E-state index contributed by atoms with van der Waals surface area (Å²) < 4.78 is 6.01. The first-order valence-electron chi connectivity index (χ1n) is 8.25. The van der Waals surface area contributed by atoms with Crippen molar-refractivity contribution in [1.29, 1.82) is 0 Å². The molecule has 124 valence electrons. The molecular formula is C21H17NO3. The molecule has 25 heavy (non-hydrogen) atoms. The standard InChI is InChI=1S/C21H17NO3/c23-22(24)17-8-5-6-15(12-17)13-20-18-9-2-1-7-16(18)14-25-21-11-4-3-10-19(20)21/h1-13,16,18H,14H2. The van der Waals surface area contributed by atoms with E-state index >= 15 is 0 Å². The molecule has 4 nitrogen and oxygen atoms in total. The molecule has 0 saturated heterocycles. The molecule has 2 unspecified atom stereocenters. The fourth-order valence-electron chi connectivity index (χ4n) is 3.42. The van der Waals surface area contributed by atoms with Crippen LogP contribution in [0.3, 0.4) is 0 Å². The Morgan fingerprint density at radius 2 is 1.92 bits per heavy atom. The number of benzene rings is 2. The van der Waals surface area contributed by atoms with Crippen LogP contribution in [0.15, 0.2) is 72.8 Å². The van der Waals surface area contributed by atoms with E-state index in [4.69, 9.17) is 4.74 Å². The van der Waals surface area contributed by atoms with E-state index in [0.717, 1.165) is 22.4 Å². The average Bonchev–Trinajstić information content (AvgIpc) is 2.80. The summed E-state index contributed by atoms with van der Waals surface area (Å²) in [6, 6.07) is 14.7. The molecule has 2 atom stereocenters. The quantitative estimate of drug-likeness (QED) is 0.582. The summed E-state index contributed by atoms with van der Waals surface area (Å²) in [5.74, 6) is 1.30. The SMILES string of the molecule is O=[N+]([O-])c1cccc(C=C2c3ccccc3OCC3C=CC=CC23)c1. The van der Waals surface area contributed by atoms with Crippen LogP contribution in [0.4, 0.5) is 5.69 Å². The third-order valence-corrected chi connectivity index (χ3v) is 4.64. The fraction of sp³-hybridized carbons (Fsp3) is 0.143. The molecule has 1 aliphatic carbocycles. The van der Waals surface area contributed by atoms with Gasteiger partial charge in [-0.1, -0.05) is 60.7 Å². The van der Waals surface area contributed by atoms with Gasteiger partial charge in [-0.2, -0.15) is 0 Å². The number of nitrogens with zero attached hydrogens (tertiary/aromatic N) is 1. The van der Waals surface area contributed by atoms with Crippen molar-refractivity contribution in [2.75, 3.05) is 6.61 Å². The molecule has 1 aliphatic heterocycles. The lowest BCUT2D eigenvalue weighted by molar-refractivity contribution is -0.384. The van der Waals surface area contributed by atoms with Crippen LogP contribution in [-0.2, 0) is 0 Å². The number of hydrogen-bond acceptors (Lipinski definition) is 3. The van der Waals surface area contributed by atoms with Crippen LogP contribution in [-0.4, -0.2) is 11.5 Å². The van der Waals surface area contributed by atoms with Gasteiger partial charge >= 0.3 is 0 Å². The van der Waals surface area contributed by atoms with Crippen molar-refractivity contribution in [2.45, 2.75) is 0 Å². The molecule has 0 aromatic heterocycles. The molecule has 0 saturated carbocycles. The molecule has 1 heterocycles. The van der Waals surface area contributed by atoms with E-state index in [1.54, 1.807) is 12.1 Å². The van der Waals surface area contributed by atoms with E-state index in [-0.39, 0.29) is 22.4 Å². The van der Waals surface area contributed by atoms with E-state index in [1.807, 2.05) is 42.5 Å². The van der Waals surface area contributed by atoms with Crippen molar-refractivity contribution in [3.8, 4) is 5.75 Å². The van der Waals surface area contributed by atoms with Crippen LogP contribution < -0.4 is 4.74 Å². The number of rotatable bonds is 2. The number of fused-ring (bicyclic) bond motifs is 2. The highest BCUT2D eigenvalue weighted by Gasteiger charge is 2.29. The molecule has 0 amide bonds. The Hall–Kier alpha value is -3.14. The van der Waals surface area contributed by atoms with Gasteiger partial charge in [0.2, 0.25) is 0 Å². The van der Waals surface area contributed by atoms with Gasteiger partial charge in [-0.25, -0.2) is 0 Å². The van der Waals surface area contributed by atoms with Crippen LogP contribution in [0, 0.1) is 22.0 Å². The predicted octanol–water partition coefficient (Wildman–Crippen LogP) is 4.89. The molecule has 0 fully saturated rings. The largest absolute Gasteiger partial charge is 0.492 e. The van der Waals surface area contributed by atoms with Crippen LogP contribution in [0.2, 0.25) is 0 Å². The van der Waals surface area contributed by atoms with E-state index in [1.165, 1.54) is 6.07 Å². The number of nitro benzene ring substituents is 1. The summed E-state index contributed by atoms with van der Waals surface area (Å²) in [6.45, 7) is 0.620. The number of nitro groups is 1. The first-order valence-corrected chi connectivity index (χ1v) is 8.25. The smallest absolute Gasteiger partial charge is 0.270 e. The number of ether oxygens (including phenoxy) is 1. The second kappa shape index (κ2) is 6.40. The maximum absolute atomic E-state index is 11.1. The molecule has 2 aromatic rings. The Balaban J connectivity index is 1.86. The van der Waals surface area contributed by atoms with E-state index in [0.29, 0.717) is 6.61 Å². The second-order valence-corrected chi connectivity index (χ2v) is 6.22. The zero-order valence-electron chi connectivity index (χ0n) is 13.5. The van der Waals surface area contributed by atoms with Crippen molar-refractivity contribution in [1.82, 2.24) is 0 Å². The topological polar surface area (TPSA) is 52.4 Å². The van der Waals surface area contributed by atoms with Gasteiger partial charge in [-0.15, -0.1) is 0 Å². The first-order chi connectivity index (χ1) is 12.2. The van der Waals surface area contributed by atoms with E-state index in [2.05, 4.69) is 18.2 Å². The number of hydrogen-bond donors (Lipinski definition) is 0. The van der Waals surface area contributed by atoms with Gasteiger partial charge in [0, 0.05) is 29.5 Å². The minimum absolute atomic E-state index is 0.100. The monoisotopic (exact) mass is 331 g/mol. The van der Waals surface area contributed by atoms with Gasteiger partial charge in [-0.05, 0) is 17.2 Å². The van der Waals surface area contributed by atoms with Gasteiger partial charge < -0.3 is 4.74 Å². The predicted molar refractivity (Wildman–Crippen MR) is 98.2 cm³/mol. The van der Waals surface area contributed by atoms with Crippen LogP contribution in [0.1, 0.15) is 11.1 Å². The molecule has 0 spiro atoms. The van der Waals surface area contributed by atoms with Gasteiger partial charge in [0.05, 0.1) is 11.5 Å². The molecule has 4 rings (SSSR count). The summed E-state index contributed by atoms with van der Waals surface area (Å²) in [5.41, 5.74) is 3.09. The molecule has 0 radical (unpaired) electrons. The minimum atomic E-state index is -0.363. The highest BCUT2D eigenvalue weighted by Crippen LogP contribution is 2.42. The average molecular weight is 331 g/mol. The third kappa shape index (κ3) is 2.98. The Labute approximate surface area is 145 Å². The zero-order chi connectivity index (χ0) is 17.2. The summed E-state index contributed by atoms with van der Waals surface area (Å²) in [7, 11) is 0. The van der Waals surface area contributed by atoms with Crippen LogP contribution >= 0.6 is 0 Å². The van der Waals surface area contributed by atoms with Crippen molar-refractivity contribution in [2.24, 2.45) is 11.8 Å². The molecule has 4 heteroatoms. The van der Waals surface area contributed by atoms with Crippen molar-refractivity contribution in [3.63, 3.8) is 0 Å². The highest BCUT2D eigenvalue weighted by molar-refractivity contribution is 5.87. The van der Waals surface area contributed by atoms with Gasteiger partial charge in [0.15, 0.2) is 0 Å². The van der Waals surface area contributed by atoms with Crippen LogP contribution in [0.25, 0.3) is 11.6 Å². The van der Waals surface area contributed by atoms with E-state index in [9.17, 15) is 10.1 Å². The lowest BCUT2D eigenvalue weighted by atomic mass is 9.80. The Kier molecular flexibility index (Phi) is 3.94. The van der Waals surface area contributed by atoms with Crippen molar-refractivity contribution in [3.05, 3.63) is 94.1 Å². The third-order valence-electron chi connectivity index (χ3n) is 4.64. The molecule has 2 aromatic carbocycles. The van der Waals surface area contributed by atoms with E-state index < -0.39 is 0 Å². The summed E-state index contributed by atoms with van der Waals surface area (Å²) >= 11 is 0. The fourth-order valence-corrected chi connectivity index (χ4v) is 3.42. The van der Waals surface area contributed by atoms with Crippen molar-refractivity contribution < 1.29 is 9.66 Å². The number of para-hydroxylation sites is 1. The van der Waals surface area contributed by atoms with Gasteiger partial charge in [-0.3, -0.25) is 10.1 Å². The minimum Gasteiger partial charge on any atom is -0.492 e.